The van der Waals surface area contributed by atoms with E-state index in [0.717, 1.165) is 22.9 Å². The molecule has 0 aromatic heterocycles. The van der Waals surface area contributed by atoms with Gasteiger partial charge in [-0.05, 0) is 31.0 Å². The van der Waals surface area contributed by atoms with Crippen LogP contribution in [-0.4, -0.2) is 19.0 Å². The third-order valence-corrected chi connectivity index (χ3v) is 3.68. The highest BCUT2D eigenvalue weighted by molar-refractivity contribution is 6.30. The molecule has 2 nitrogen and oxygen atoms in total. The van der Waals surface area contributed by atoms with E-state index in [1.54, 1.807) is 7.11 Å². The smallest absolute Gasteiger partial charge is 0.123 e. The van der Waals surface area contributed by atoms with Gasteiger partial charge in [-0.1, -0.05) is 18.5 Å². The van der Waals surface area contributed by atoms with E-state index < -0.39 is 0 Å². The van der Waals surface area contributed by atoms with Gasteiger partial charge in [-0.2, -0.15) is 0 Å². The topological polar surface area (TPSA) is 21.3 Å². The Balaban J connectivity index is 2.65. The molecule has 0 heterocycles. The second-order valence-corrected chi connectivity index (χ2v) is 5.00. The molecule has 1 aromatic carbocycles. The van der Waals surface area contributed by atoms with Gasteiger partial charge in [-0.3, -0.25) is 0 Å². The number of hydrogen-bond acceptors (Lipinski definition) is 2. The second kappa shape index (κ2) is 7.10. The summed E-state index contributed by atoms with van der Waals surface area (Å²) in [6.45, 7) is 4.98. The van der Waals surface area contributed by atoms with Gasteiger partial charge < -0.3 is 10.1 Å². The largest absolute Gasteiger partial charge is 0.496 e. The maximum absolute atomic E-state index is 5.97. The van der Waals surface area contributed by atoms with Crippen LogP contribution in [0.1, 0.15) is 19.4 Å². The predicted octanol–water partition coefficient (Wildman–Crippen LogP) is 3.70. The molecule has 0 spiro atoms. The monoisotopic (exact) mass is 275 g/mol. The molecule has 0 aliphatic carbocycles. The molecule has 0 aliphatic rings. The Morgan fingerprint density at radius 3 is 2.65 bits per heavy atom. The van der Waals surface area contributed by atoms with Gasteiger partial charge in [-0.25, -0.2) is 0 Å². The first kappa shape index (κ1) is 14.6. The Labute approximate surface area is 113 Å². The van der Waals surface area contributed by atoms with Crippen LogP contribution < -0.4 is 10.1 Å². The molecule has 0 fully saturated rings. The summed E-state index contributed by atoms with van der Waals surface area (Å²) in [5.41, 5.74) is 1.06. The summed E-state index contributed by atoms with van der Waals surface area (Å²) in [6, 6.07) is 5.99. The van der Waals surface area contributed by atoms with E-state index in [1.807, 2.05) is 18.2 Å². The van der Waals surface area contributed by atoms with E-state index >= 15 is 0 Å². The van der Waals surface area contributed by atoms with E-state index in [1.165, 1.54) is 0 Å². The van der Waals surface area contributed by atoms with Gasteiger partial charge in [0.1, 0.15) is 5.75 Å². The molecule has 0 radical (unpaired) electrons. The third kappa shape index (κ3) is 4.38. The van der Waals surface area contributed by atoms with Crippen LogP contribution in [0.3, 0.4) is 0 Å². The van der Waals surface area contributed by atoms with Crippen molar-refractivity contribution in [2.24, 2.45) is 5.92 Å². The first-order valence-electron chi connectivity index (χ1n) is 5.70. The van der Waals surface area contributed by atoms with Gasteiger partial charge in [0, 0.05) is 29.1 Å². The molecule has 0 bridgehead atoms. The van der Waals surface area contributed by atoms with Crippen molar-refractivity contribution in [2.45, 2.75) is 26.4 Å². The normalized spacial score (nSPS) is 14.4. The summed E-state index contributed by atoms with van der Waals surface area (Å²) in [7, 11) is 1.66. The van der Waals surface area contributed by atoms with Crippen molar-refractivity contribution in [3.63, 3.8) is 0 Å². The van der Waals surface area contributed by atoms with E-state index in [0.29, 0.717) is 17.8 Å². The number of ether oxygens (including phenoxy) is 1. The zero-order chi connectivity index (χ0) is 12.8. The maximum Gasteiger partial charge on any atom is 0.123 e. The van der Waals surface area contributed by atoms with Crippen LogP contribution in [0.5, 0.6) is 5.75 Å². The maximum atomic E-state index is 5.97. The number of methoxy groups -OCH3 is 1. The van der Waals surface area contributed by atoms with E-state index in [9.17, 15) is 0 Å². The molecule has 0 aliphatic heterocycles. The van der Waals surface area contributed by atoms with Crippen molar-refractivity contribution < 1.29 is 4.74 Å². The van der Waals surface area contributed by atoms with Gasteiger partial charge in [0.15, 0.2) is 0 Å². The average molecular weight is 276 g/mol. The fraction of sp³-hybridized carbons (Fsp3) is 0.538. The van der Waals surface area contributed by atoms with Gasteiger partial charge in [0.25, 0.3) is 0 Å². The Morgan fingerprint density at radius 2 is 2.06 bits per heavy atom. The molecule has 0 saturated heterocycles. The molecule has 1 aromatic rings. The summed E-state index contributed by atoms with van der Waals surface area (Å²) >= 11 is 11.8. The number of hydrogen-bond donors (Lipinski definition) is 1. The van der Waals surface area contributed by atoms with Gasteiger partial charge in [0.2, 0.25) is 0 Å². The number of benzene rings is 1. The summed E-state index contributed by atoms with van der Waals surface area (Å²) in [4.78, 5) is 0. The Kier molecular flexibility index (Phi) is 6.10. The molecule has 0 amide bonds. The molecule has 0 saturated carbocycles. The number of alkyl halides is 1. The lowest BCUT2D eigenvalue weighted by Gasteiger charge is -2.20. The molecule has 2 atom stereocenters. The van der Waals surface area contributed by atoms with Crippen molar-refractivity contribution in [3.8, 4) is 5.75 Å². The van der Waals surface area contributed by atoms with Gasteiger partial charge in [0.05, 0.1) is 7.11 Å². The van der Waals surface area contributed by atoms with Crippen LogP contribution >= 0.6 is 23.2 Å². The summed E-state index contributed by atoms with van der Waals surface area (Å²) in [5.74, 6) is 1.94. The predicted molar refractivity (Wildman–Crippen MR) is 74.2 cm³/mol. The summed E-state index contributed by atoms with van der Waals surface area (Å²) in [5, 5.41) is 4.15. The number of halogens is 2. The fourth-order valence-electron chi connectivity index (χ4n) is 1.49. The molecule has 1 rings (SSSR count). The lowest BCUT2D eigenvalue weighted by Crippen LogP contribution is -2.32. The quantitative estimate of drug-likeness (QED) is 0.800. The minimum atomic E-state index is 0.358. The highest BCUT2D eigenvalue weighted by Gasteiger charge is 2.11. The van der Waals surface area contributed by atoms with Gasteiger partial charge in [-0.15, -0.1) is 11.6 Å². The first-order valence-corrected chi connectivity index (χ1v) is 6.61. The second-order valence-electron chi connectivity index (χ2n) is 4.26. The lowest BCUT2D eigenvalue weighted by molar-refractivity contribution is 0.396. The SMILES string of the molecule is COc1ccc(Cl)cc1CNC(C)C(C)CCl. The van der Waals surface area contributed by atoms with Crippen LogP contribution in [0.25, 0.3) is 0 Å². The fourth-order valence-corrected chi connectivity index (χ4v) is 1.95. The Bertz CT molecular complexity index is 357. The first-order chi connectivity index (χ1) is 8.08. The molecule has 1 N–H and O–H groups in total. The standard InChI is InChI=1S/C13H19Cl2NO/c1-9(7-14)10(2)16-8-11-6-12(15)4-5-13(11)17-3/h4-6,9-10,16H,7-8H2,1-3H3. The average Bonchev–Trinajstić information content (AvgIpc) is 2.35. The van der Waals surface area contributed by atoms with Crippen molar-refractivity contribution in [2.75, 3.05) is 13.0 Å². The summed E-state index contributed by atoms with van der Waals surface area (Å²) < 4.78 is 5.29. The number of nitrogens with one attached hydrogen (secondary N) is 1. The Hall–Kier alpha value is -0.440. The van der Waals surface area contributed by atoms with Crippen LogP contribution in [0.4, 0.5) is 0 Å². The molecule has 96 valence electrons. The van der Waals surface area contributed by atoms with Crippen LogP contribution in [-0.2, 0) is 6.54 Å². The van der Waals surface area contributed by atoms with Crippen molar-refractivity contribution in [1.82, 2.24) is 5.32 Å². The van der Waals surface area contributed by atoms with Crippen LogP contribution in [0.15, 0.2) is 18.2 Å². The minimum absolute atomic E-state index is 0.358. The van der Waals surface area contributed by atoms with Crippen molar-refractivity contribution in [3.05, 3.63) is 28.8 Å². The van der Waals surface area contributed by atoms with Crippen molar-refractivity contribution in [1.29, 1.82) is 0 Å². The molecule has 2 unspecified atom stereocenters. The highest BCUT2D eigenvalue weighted by Crippen LogP contribution is 2.22. The molecular formula is C13H19Cl2NO. The number of rotatable bonds is 6. The van der Waals surface area contributed by atoms with E-state index in [-0.39, 0.29) is 0 Å². The summed E-state index contributed by atoms with van der Waals surface area (Å²) in [6.07, 6.45) is 0. The van der Waals surface area contributed by atoms with Crippen LogP contribution in [0.2, 0.25) is 5.02 Å². The van der Waals surface area contributed by atoms with Gasteiger partial charge >= 0.3 is 0 Å². The van der Waals surface area contributed by atoms with E-state index in [2.05, 4.69) is 19.2 Å². The zero-order valence-electron chi connectivity index (χ0n) is 10.5. The zero-order valence-corrected chi connectivity index (χ0v) is 12.0. The van der Waals surface area contributed by atoms with E-state index in [4.69, 9.17) is 27.9 Å². The highest BCUT2D eigenvalue weighted by atomic mass is 35.5. The third-order valence-electron chi connectivity index (χ3n) is 2.95. The Morgan fingerprint density at radius 1 is 1.35 bits per heavy atom. The van der Waals surface area contributed by atoms with Crippen LogP contribution in [0, 0.1) is 5.92 Å². The molecular weight excluding hydrogens is 257 g/mol. The van der Waals surface area contributed by atoms with Crippen molar-refractivity contribution >= 4 is 23.2 Å². The minimum Gasteiger partial charge on any atom is -0.496 e. The molecule has 17 heavy (non-hydrogen) atoms. The molecule has 4 heteroatoms. The lowest BCUT2D eigenvalue weighted by atomic mass is 10.1.